The van der Waals surface area contributed by atoms with Crippen molar-refractivity contribution in [2.45, 2.75) is 19.8 Å². The Morgan fingerprint density at radius 1 is 1.58 bits per heavy atom. The molecule has 1 atom stereocenters. The lowest BCUT2D eigenvalue weighted by molar-refractivity contribution is 0.373. The van der Waals surface area contributed by atoms with Gasteiger partial charge in [-0.25, -0.2) is 4.98 Å². The molecule has 1 unspecified atom stereocenters. The van der Waals surface area contributed by atoms with Crippen molar-refractivity contribution in [2.75, 3.05) is 38.2 Å². The van der Waals surface area contributed by atoms with E-state index in [9.17, 15) is 0 Å². The Balaban J connectivity index is 2.07. The molecule has 6 heteroatoms. The van der Waals surface area contributed by atoms with Crippen LogP contribution in [0.1, 0.15) is 19.8 Å². The van der Waals surface area contributed by atoms with Gasteiger partial charge in [-0.05, 0) is 54.7 Å². The first-order valence-electron chi connectivity index (χ1n) is 6.76. The smallest absolute Gasteiger partial charge is 0.232 e. The van der Waals surface area contributed by atoms with E-state index in [0.29, 0.717) is 11.8 Å². The standard InChI is InChI=1S/C13H21BrN4O/c1-3-18(9-10-5-4-6-15-7-10)13-16-8-11(14)12(17-13)19-2/h8,10,15H,3-7,9H2,1-2H3. The van der Waals surface area contributed by atoms with Crippen molar-refractivity contribution in [1.82, 2.24) is 15.3 Å². The fourth-order valence-corrected chi connectivity index (χ4v) is 2.73. The fourth-order valence-electron chi connectivity index (χ4n) is 2.38. The molecular weight excluding hydrogens is 308 g/mol. The second-order valence-corrected chi connectivity index (χ2v) is 5.63. The van der Waals surface area contributed by atoms with Crippen LogP contribution in [0, 0.1) is 5.92 Å². The lowest BCUT2D eigenvalue weighted by Gasteiger charge is -2.29. The van der Waals surface area contributed by atoms with Gasteiger partial charge in [-0.2, -0.15) is 4.98 Å². The maximum absolute atomic E-state index is 5.23. The van der Waals surface area contributed by atoms with Crippen LogP contribution in [0.15, 0.2) is 10.7 Å². The number of rotatable bonds is 5. The molecule has 1 N–H and O–H groups in total. The highest BCUT2D eigenvalue weighted by Gasteiger charge is 2.18. The first kappa shape index (κ1) is 14.5. The van der Waals surface area contributed by atoms with Gasteiger partial charge in [0.05, 0.1) is 17.8 Å². The summed E-state index contributed by atoms with van der Waals surface area (Å²) in [5.41, 5.74) is 0. The van der Waals surface area contributed by atoms with Crippen LogP contribution in [-0.4, -0.2) is 43.3 Å². The van der Waals surface area contributed by atoms with Crippen LogP contribution in [-0.2, 0) is 0 Å². The molecule has 0 saturated carbocycles. The van der Waals surface area contributed by atoms with Crippen molar-refractivity contribution >= 4 is 21.9 Å². The van der Waals surface area contributed by atoms with Crippen LogP contribution in [0.4, 0.5) is 5.95 Å². The molecule has 1 aromatic heterocycles. The van der Waals surface area contributed by atoms with Gasteiger partial charge in [-0.15, -0.1) is 0 Å². The number of anilines is 1. The minimum atomic E-state index is 0.588. The van der Waals surface area contributed by atoms with E-state index < -0.39 is 0 Å². The molecule has 0 amide bonds. The van der Waals surface area contributed by atoms with Crippen LogP contribution in [0.5, 0.6) is 5.88 Å². The fraction of sp³-hybridized carbons (Fsp3) is 0.692. The van der Waals surface area contributed by atoms with Gasteiger partial charge >= 0.3 is 0 Å². The predicted molar refractivity (Wildman–Crippen MR) is 79.8 cm³/mol. The highest BCUT2D eigenvalue weighted by molar-refractivity contribution is 9.10. The van der Waals surface area contributed by atoms with Gasteiger partial charge in [-0.1, -0.05) is 0 Å². The van der Waals surface area contributed by atoms with Gasteiger partial charge in [0.15, 0.2) is 0 Å². The number of nitrogens with one attached hydrogen (secondary N) is 1. The molecule has 0 spiro atoms. The molecule has 0 aliphatic carbocycles. The summed E-state index contributed by atoms with van der Waals surface area (Å²) in [5, 5.41) is 3.45. The zero-order valence-corrected chi connectivity index (χ0v) is 13.1. The molecule has 0 aromatic carbocycles. The Kier molecular flexibility index (Phi) is 5.39. The molecule has 0 bridgehead atoms. The van der Waals surface area contributed by atoms with Crippen molar-refractivity contribution in [1.29, 1.82) is 0 Å². The number of ether oxygens (including phenoxy) is 1. The van der Waals surface area contributed by atoms with E-state index >= 15 is 0 Å². The molecule has 2 heterocycles. The summed E-state index contributed by atoms with van der Waals surface area (Å²) in [7, 11) is 1.62. The van der Waals surface area contributed by atoms with Crippen LogP contribution in [0.2, 0.25) is 0 Å². The maximum atomic E-state index is 5.23. The van der Waals surface area contributed by atoms with Crippen molar-refractivity contribution in [3.8, 4) is 5.88 Å². The van der Waals surface area contributed by atoms with Gasteiger partial charge in [-0.3, -0.25) is 0 Å². The molecule has 1 aliphatic heterocycles. The van der Waals surface area contributed by atoms with Crippen molar-refractivity contribution in [3.05, 3.63) is 10.7 Å². The molecular formula is C13H21BrN4O. The number of halogens is 1. The molecule has 0 radical (unpaired) electrons. The molecule has 2 rings (SSSR count). The average molecular weight is 329 g/mol. The summed E-state index contributed by atoms with van der Waals surface area (Å²) in [4.78, 5) is 11.1. The minimum Gasteiger partial charge on any atom is -0.480 e. The van der Waals surface area contributed by atoms with Crippen LogP contribution < -0.4 is 15.0 Å². The third kappa shape index (κ3) is 3.79. The van der Waals surface area contributed by atoms with E-state index in [1.54, 1.807) is 13.3 Å². The lowest BCUT2D eigenvalue weighted by Crippen LogP contribution is -2.39. The number of piperidine rings is 1. The summed E-state index contributed by atoms with van der Waals surface area (Å²) in [6.45, 7) is 6.26. The monoisotopic (exact) mass is 328 g/mol. The Morgan fingerprint density at radius 2 is 2.42 bits per heavy atom. The minimum absolute atomic E-state index is 0.588. The summed E-state index contributed by atoms with van der Waals surface area (Å²) in [6, 6.07) is 0. The summed E-state index contributed by atoms with van der Waals surface area (Å²) in [6.07, 6.45) is 4.28. The van der Waals surface area contributed by atoms with Gasteiger partial charge in [0.1, 0.15) is 0 Å². The maximum Gasteiger partial charge on any atom is 0.232 e. The molecule has 106 valence electrons. The van der Waals surface area contributed by atoms with E-state index in [4.69, 9.17) is 4.74 Å². The zero-order valence-electron chi connectivity index (χ0n) is 11.5. The summed E-state index contributed by atoms with van der Waals surface area (Å²) in [5.74, 6) is 2.00. The highest BCUT2D eigenvalue weighted by Crippen LogP contribution is 2.24. The van der Waals surface area contributed by atoms with Crippen molar-refractivity contribution < 1.29 is 4.74 Å². The summed E-state index contributed by atoms with van der Waals surface area (Å²) >= 11 is 3.38. The molecule has 1 aliphatic rings. The molecule has 19 heavy (non-hydrogen) atoms. The second kappa shape index (κ2) is 7.05. The van der Waals surface area contributed by atoms with Crippen molar-refractivity contribution in [3.63, 3.8) is 0 Å². The predicted octanol–water partition coefficient (Wildman–Crippen LogP) is 2.07. The number of nitrogens with zero attached hydrogens (tertiary/aromatic N) is 3. The Hall–Kier alpha value is -0.880. The number of hydrogen-bond donors (Lipinski definition) is 1. The van der Waals surface area contributed by atoms with Crippen molar-refractivity contribution in [2.24, 2.45) is 5.92 Å². The Labute approximate surface area is 122 Å². The second-order valence-electron chi connectivity index (χ2n) is 4.78. The van der Waals surface area contributed by atoms with Gasteiger partial charge in [0, 0.05) is 13.1 Å². The van der Waals surface area contributed by atoms with Crippen LogP contribution in [0.3, 0.4) is 0 Å². The van der Waals surface area contributed by atoms with Gasteiger partial charge in [0.2, 0.25) is 11.8 Å². The topological polar surface area (TPSA) is 50.3 Å². The third-order valence-corrected chi connectivity index (χ3v) is 3.98. The normalized spacial score (nSPS) is 19.2. The van der Waals surface area contributed by atoms with Crippen LogP contribution >= 0.6 is 15.9 Å². The molecule has 5 nitrogen and oxygen atoms in total. The third-order valence-electron chi connectivity index (χ3n) is 3.43. The zero-order chi connectivity index (χ0) is 13.7. The number of aromatic nitrogens is 2. The first-order valence-corrected chi connectivity index (χ1v) is 7.56. The largest absolute Gasteiger partial charge is 0.480 e. The van der Waals surface area contributed by atoms with E-state index in [0.717, 1.165) is 36.6 Å². The lowest BCUT2D eigenvalue weighted by atomic mass is 9.99. The molecule has 1 aromatic rings. The van der Waals surface area contributed by atoms with E-state index in [1.165, 1.54) is 12.8 Å². The Morgan fingerprint density at radius 3 is 3.05 bits per heavy atom. The number of methoxy groups -OCH3 is 1. The van der Waals surface area contributed by atoms with Gasteiger partial charge in [0.25, 0.3) is 0 Å². The van der Waals surface area contributed by atoms with E-state index in [2.05, 4.69) is 43.0 Å². The first-order chi connectivity index (χ1) is 9.24. The quantitative estimate of drug-likeness (QED) is 0.896. The van der Waals surface area contributed by atoms with Gasteiger partial charge < -0.3 is 15.0 Å². The highest BCUT2D eigenvalue weighted by atomic mass is 79.9. The Bertz CT molecular complexity index is 410. The van der Waals surface area contributed by atoms with Crippen LogP contribution in [0.25, 0.3) is 0 Å². The summed E-state index contributed by atoms with van der Waals surface area (Å²) < 4.78 is 6.02. The SMILES string of the molecule is CCN(CC1CCCNC1)c1ncc(Br)c(OC)n1. The molecule has 1 fully saturated rings. The molecule has 1 saturated heterocycles. The average Bonchev–Trinajstić information content (AvgIpc) is 2.46. The number of hydrogen-bond acceptors (Lipinski definition) is 5. The van der Waals surface area contributed by atoms with E-state index in [-0.39, 0.29) is 0 Å². The van der Waals surface area contributed by atoms with E-state index in [1.807, 2.05) is 0 Å².